The van der Waals surface area contributed by atoms with Crippen LogP contribution in [0.5, 0.6) is 5.75 Å². The van der Waals surface area contributed by atoms with Crippen molar-refractivity contribution in [2.24, 2.45) is 0 Å². The molecule has 2 saturated heterocycles. The minimum absolute atomic E-state index is 0.0463. The molecule has 2 N–H and O–H groups in total. The molecule has 2 aromatic carbocycles. The number of furan rings is 1. The Balaban J connectivity index is 1.31. The molecule has 4 amide bonds. The summed E-state index contributed by atoms with van der Waals surface area (Å²) in [5.41, 5.74) is 2.58. The number of nitrogens with zero attached hydrogens (tertiary/aromatic N) is 3. The molecule has 204 valence electrons. The highest BCUT2D eigenvalue weighted by molar-refractivity contribution is 6.05. The van der Waals surface area contributed by atoms with Gasteiger partial charge in [0.15, 0.2) is 5.76 Å². The minimum atomic E-state index is -0.374. The Hall–Kier alpha value is -4.47. The lowest BCUT2D eigenvalue weighted by molar-refractivity contribution is 0.0793. The number of likely N-dealkylation sites (tertiary alicyclic amines) is 1. The first-order chi connectivity index (χ1) is 19.0. The summed E-state index contributed by atoms with van der Waals surface area (Å²) in [6, 6.07) is 15.7. The van der Waals surface area contributed by atoms with E-state index in [-0.39, 0.29) is 23.6 Å². The molecule has 5 rings (SSSR count). The van der Waals surface area contributed by atoms with Gasteiger partial charge in [0.2, 0.25) is 0 Å². The summed E-state index contributed by atoms with van der Waals surface area (Å²) in [6.45, 7) is 3.84. The third-order valence-corrected chi connectivity index (χ3v) is 7.09. The number of anilines is 3. The Kier molecular flexibility index (Phi) is 8.00. The summed E-state index contributed by atoms with van der Waals surface area (Å²) in [6.07, 6.45) is 4.17. The molecule has 10 heteroatoms. The zero-order valence-electron chi connectivity index (χ0n) is 22.0. The van der Waals surface area contributed by atoms with E-state index in [9.17, 15) is 14.4 Å². The smallest absolute Gasteiger partial charge is 0.321 e. The van der Waals surface area contributed by atoms with Crippen molar-refractivity contribution in [2.45, 2.75) is 19.3 Å². The van der Waals surface area contributed by atoms with Crippen LogP contribution in [0.4, 0.5) is 21.9 Å². The topological polar surface area (TPSA) is 107 Å². The van der Waals surface area contributed by atoms with E-state index < -0.39 is 0 Å². The molecule has 2 aliphatic rings. The lowest BCUT2D eigenvalue weighted by Crippen LogP contribution is -2.38. The van der Waals surface area contributed by atoms with Gasteiger partial charge in [-0.05, 0) is 73.9 Å². The first-order valence-corrected chi connectivity index (χ1v) is 13.2. The number of ether oxygens (including phenoxy) is 1. The van der Waals surface area contributed by atoms with Crippen LogP contribution in [-0.2, 0) is 0 Å². The maximum Gasteiger partial charge on any atom is 0.321 e. The first-order valence-electron chi connectivity index (χ1n) is 13.2. The van der Waals surface area contributed by atoms with Crippen molar-refractivity contribution in [1.82, 2.24) is 9.80 Å². The highest BCUT2D eigenvalue weighted by Gasteiger charge is 2.27. The molecule has 39 heavy (non-hydrogen) atoms. The lowest BCUT2D eigenvalue weighted by atomic mass is 10.1. The summed E-state index contributed by atoms with van der Waals surface area (Å²) in [5.74, 6) is 0.506. The predicted octanol–water partition coefficient (Wildman–Crippen LogP) is 4.52. The van der Waals surface area contributed by atoms with Gasteiger partial charge in [0.25, 0.3) is 11.8 Å². The minimum Gasteiger partial charge on any atom is -0.497 e. The number of nitrogens with one attached hydrogen (secondary N) is 2. The average Bonchev–Trinajstić information content (AvgIpc) is 3.65. The Morgan fingerprint density at radius 3 is 2.26 bits per heavy atom. The molecular weight excluding hydrogens is 498 g/mol. The van der Waals surface area contributed by atoms with Crippen LogP contribution in [0.2, 0.25) is 0 Å². The van der Waals surface area contributed by atoms with E-state index in [1.54, 1.807) is 48.4 Å². The molecule has 0 saturated carbocycles. The fourth-order valence-electron chi connectivity index (χ4n) is 4.99. The van der Waals surface area contributed by atoms with Crippen LogP contribution >= 0.6 is 0 Å². The predicted molar refractivity (Wildman–Crippen MR) is 149 cm³/mol. The Morgan fingerprint density at radius 1 is 0.795 bits per heavy atom. The number of benzene rings is 2. The Morgan fingerprint density at radius 2 is 1.54 bits per heavy atom. The van der Waals surface area contributed by atoms with Gasteiger partial charge in [-0.2, -0.15) is 0 Å². The van der Waals surface area contributed by atoms with Crippen molar-refractivity contribution in [3.8, 4) is 5.75 Å². The van der Waals surface area contributed by atoms with Gasteiger partial charge in [-0.3, -0.25) is 9.59 Å². The molecule has 0 bridgehead atoms. The Bertz CT molecular complexity index is 1300. The van der Waals surface area contributed by atoms with E-state index in [1.807, 2.05) is 23.1 Å². The van der Waals surface area contributed by atoms with Gasteiger partial charge in [0, 0.05) is 56.3 Å². The highest BCUT2D eigenvalue weighted by Crippen LogP contribution is 2.29. The van der Waals surface area contributed by atoms with Crippen LogP contribution in [0.25, 0.3) is 0 Å². The van der Waals surface area contributed by atoms with E-state index in [2.05, 4.69) is 15.5 Å². The molecule has 1 aromatic heterocycles. The molecule has 2 aliphatic heterocycles. The van der Waals surface area contributed by atoms with Gasteiger partial charge >= 0.3 is 6.03 Å². The quantitative estimate of drug-likeness (QED) is 0.484. The zero-order valence-corrected chi connectivity index (χ0v) is 22.0. The molecule has 10 nitrogen and oxygen atoms in total. The van der Waals surface area contributed by atoms with Crippen LogP contribution in [0.1, 0.15) is 40.2 Å². The number of amides is 4. The van der Waals surface area contributed by atoms with Gasteiger partial charge in [0.1, 0.15) is 5.75 Å². The van der Waals surface area contributed by atoms with E-state index in [1.165, 1.54) is 6.26 Å². The third kappa shape index (κ3) is 6.17. The van der Waals surface area contributed by atoms with Crippen molar-refractivity contribution in [2.75, 3.05) is 61.9 Å². The van der Waals surface area contributed by atoms with Crippen LogP contribution in [-0.4, -0.2) is 74.0 Å². The molecule has 3 heterocycles. The maximum atomic E-state index is 13.6. The molecule has 2 fully saturated rings. The third-order valence-electron chi connectivity index (χ3n) is 7.09. The maximum absolute atomic E-state index is 13.6. The second-order valence-corrected chi connectivity index (χ2v) is 9.65. The van der Waals surface area contributed by atoms with Crippen LogP contribution < -0.4 is 20.3 Å². The van der Waals surface area contributed by atoms with Crippen LogP contribution in [0, 0.1) is 0 Å². The number of urea groups is 1. The summed E-state index contributed by atoms with van der Waals surface area (Å²) in [4.78, 5) is 44.9. The summed E-state index contributed by atoms with van der Waals surface area (Å²) >= 11 is 0. The van der Waals surface area contributed by atoms with Crippen molar-refractivity contribution in [3.05, 3.63) is 72.2 Å². The molecule has 0 atom stereocenters. The molecular formula is C29H33N5O5. The van der Waals surface area contributed by atoms with Gasteiger partial charge in [-0.25, -0.2) is 4.79 Å². The Labute approximate surface area is 227 Å². The number of rotatable bonds is 6. The van der Waals surface area contributed by atoms with E-state index in [4.69, 9.17) is 9.15 Å². The van der Waals surface area contributed by atoms with Gasteiger partial charge in [-0.1, -0.05) is 0 Å². The highest BCUT2D eigenvalue weighted by atomic mass is 16.5. The van der Waals surface area contributed by atoms with Crippen molar-refractivity contribution >= 4 is 34.9 Å². The van der Waals surface area contributed by atoms with Gasteiger partial charge in [-0.15, -0.1) is 0 Å². The lowest BCUT2D eigenvalue weighted by Gasteiger charge is -2.27. The number of carbonyl (C=O) groups is 3. The largest absolute Gasteiger partial charge is 0.497 e. The van der Waals surface area contributed by atoms with Crippen LogP contribution in [0.15, 0.2) is 65.3 Å². The molecule has 0 aliphatic carbocycles. The van der Waals surface area contributed by atoms with Crippen molar-refractivity contribution in [1.29, 1.82) is 0 Å². The van der Waals surface area contributed by atoms with Crippen LogP contribution in [0.3, 0.4) is 0 Å². The van der Waals surface area contributed by atoms with E-state index in [0.717, 1.165) is 43.8 Å². The molecule has 0 radical (unpaired) electrons. The SMILES string of the molecule is COc1ccc(NC(=O)N2CCCN(c3ccc(NC(=O)c4ccco4)cc3C(=O)N3CCCC3)CC2)cc1. The summed E-state index contributed by atoms with van der Waals surface area (Å²) < 4.78 is 10.4. The monoisotopic (exact) mass is 531 g/mol. The number of hydrogen-bond acceptors (Lipinski definition) is 6. The number of carbonyl (C=O) groups excluding carboxylic acids is 3. The summed E-state index contributed by atoms with van der Waals surface area (Å²) in [5, 5.41) is 5.79. The molecule has 3 aromatic rings. The van der Waals surface area contributed by atoms with Gasteiger partial charge < -0.3 is 34.5 Å². The number of methoxy groups -OCH3 is 1. The van der Waals surface area contributed by atoms with Crippen molar-refractivity contribution in [3.63, 3.8) is 0 Å². The second-order valence-electron chi connectivity index (χ2n) is 9.65. The fourth-order valence-corrected chi connectivity index (χ4v) is 4.99. The van der Waals surface area contributed by atoms with Crippen molar-refractivity contribution < 1.29 is 23.5 Å². The van der Waals surface area contributed by atoms with E-state index >= 15 is 0 Å². The number of hydrogen-bond donors (Lipinski definition) is 2. The molecule has 0 unspecified atom stereocenters. The molecule has 0 spiro atoms. The van der Waals surface area contributed by atoms with Gasteiger partial charge in [0.05, 0.1) is 18.9 Å². The van der Waals surface area contributed by atoms with E-state index in [0.29, 0.717) is 43.1 Å². The zero-order chi connectivity index (χ0) is 27.2. The first kappa shape index (κ1) is 26.1. The fraction of sp³-hybridized carbons (Fsp3) is 0.345. The standard InChI is InChI=1S/C29H33N5O5/c1-38-23-10-7-21(8-11-23)31-29(37)34-16-5-15-32(17-18-34)25-12-9-22(30-27(35)26-6-4-19-39-26)20-24(25)28(36)33-13-2-3-14-33/h4,6-12,19-20H,2-3,5,13-18H2,1H3,(H,30,35)(H,31,37). The normalized spacial score (nSPS) is 15.6. The average molecular weight is 532 g/mol. The second kappa shape index (κ2) is 11.9. The summed E-state index contributed by atoms with van der Waals surface area (Å²) in [7, 11) is 1.60.